The maximum Gasteiger partial charge on any atom is 0.418 e. The smallest absolute Gasteiger partial charge is 0.418 e. The second-order valence-electron chi connectivity index (χ2n) is 6.44. The van der Waals surface area contributed by atoms with E-state index in [2.05, 4.69) is 15.4 Å². The van der Waals surface area contributed by atoms with E-state index in [9.17, 15) is 18.0 Å². The number of nitrogens with zero attached hydrogens (tertiary/aromatic N) is 3. The third-order valence-corrected chi connectivity index (χ3v) is 3.99. The second-order valence-corrected chi connectivity index (χ2v) is 6.44. The molecule has 3 aromatic rings. The van der Waals surface area contributed by atoms with E-state index < -0.39 is 23.6 Å². The topological polar surface area (TPSA) is 68.5 Å². The number of aromatic nitrogens is 3. The molecule has 0 aliphatic carbocycles. The summed E-state index contributed by atoms with van der Waals surface area (Å²) < 4.78 is 46.8. The Morgan fingerprint density at radius 1 is 1.25 bits per heavy atom. The molecule has 0 saturated heterocycles. The van der Waals surface area contributed by atoms with Crippen LogP contribution in [0.4, 0.5) is 18.9 Å². The Labute approximate surface area is 159 Å². The molecule has 0 bridgehead atoms. The molecule has 6 nitrogen and oxygen atoms in total. The molecule has 3 rings (SSSR count). The van der Waals surface area contributed by atoms with E-state index in [1.54, 1.807) is 32.2 Å². The van der Waals surface area contributed by atoms with Crippen LogP contribution in [0.3, 0.4) is 0 Å². The van der Waals surface area contributed by atoms with Crippen LogP contribution in [0.2, 0.25) is 0 Å². The number of carbonyl (C=O) groups excluding carboxylic acids is 1. The van der Waals surface area contributed by atoms with Gasteiger partial charge >= 0.3 is 6.18 Å². The van der Waals surface area contributed by atoms with Gasteiger partial charge in [0, 0.05) is 17.5 Å². The molecule has 0 aliphatic heterocycles. The number of fused-ring (bicyclic) bond motifs is 1. The Hall–Kier alpha value is -3.10. The average molecular weight is 392 g/mol. The number of hydrogen-bond acceptors (Lipinski definition) is 4. The van der Waals surface area contributed by atoms with E-state index in [1.165, 1.54) is 16.6 Å². The van der Waals surface area contributed by atoms with Crippen LogP contribution in [0.1, 0.15) is 26.3 Å². The van der Waals surface area contributed by atoms with E-state index >= 15 is 0 Å². The molecule has 0 radical (unpaired) electrons. The maximum atomic E-state index is 13.3. The molecule has 0 atom stereocenters. The van der Waals surface area contributed by atoms with Gasteiger partial charge in [0.05, 0.1) is 29.7 Å². The van der Waals surface area contributed by atoms with Crippen LogP contribution in [-0.2, 0) is 11.0 Å². The zero-order valence-corrected chi connectivity index (χ0v) is 15.5. The van der Waals surface area contributed by atoms with Crippen molar-refractivity contribution in [2.75, 3.05) is 11.9 Å². The minimum Gasteiger partial charge on any atom is -0.477 e. The Bertz CT molecular complexity index is 1010. The number of carbonyl (C=O) groups is 1. The van der Waals surface area contributed by atoms with Crippen molar-refractivity contribution >= 4 is 17.2 Å². The number of ether oxygens (including phenoxy) is 1. The van der Waals surface area contributed by atoms with Gasteiger partial charge in [0.15, 0.2) is 5.65 Å². The van der Waals surface area contributed by atoms with Crippen molar-refractivity contribution in [1.82, 2.24) is 14.6 Å². The summed E-state index contributed by atoms with van der Waals surface area (Å²) in [7, 11) is 0. The first-order chi connectivity index (χ1) is 13.2. The summed E-state index contributed by atoms with van der Waals surface area (Å²) in [4.78, 5) is 16.3. The van der Waals surface area contributed by atoms with E-state index in [0.717, 1.165) is 6.07 Å². The van der Waals surface area contributed by atoms with Gasteiger partial charge in [-0.05, 0) is 25.1 Å². The number of anilines is 1. The fourth-order valence-electron chi connectivity index (χ4n) is 2.56. The van der Waals surface area contributed by atoms with Crippen LogP contribution >= 0.6 is 0 Å². The third kappa shape index (κ3) is 4.08. The molecule has 1 N–H and O–H groups in total. The molecule has 0 fully saturated rings. The molecule has 0 unspecified atom stereocenters. The molecule has 2 aromatic heterocycles. The molecule has 1 amide bonds. The SMILES string of the molecule is CCOc1ccc2nc(-c3ccc(C(F)(F)F)c(NC(=O)C(C)C)c3)cn2n1. The lowest BCUT2D eigenvalue weighted by Gasteiger charge is -2.16. The fraction of sp³-hybridized carbons (Fsp3) is 0.316. The highest BCUT2D eigenvalue weighted by atomic mass is 19.4. The summed E-state index contributed by atoms with van der Waals surface area (Å²) in [5, 5.41) is 6.60. The highest BCUT2D eigenvalue weighted by Gasteiger charge is 2.34. The fourth-order valence-corrected chi connectivity index (χ4v) is 2.56. The molecular weight excluding hydrogens is 373 g/mol. The predicted octanol–water partition coefficient (Wildman–Crippen LogP) is 4.41. The molecule has 28 heavy (non-hydrogen) atoms. The van der Waals surface area contributed by atoms with E-state index in [4.69, 9.17) is 4.74 Å². The molecule has 9 heteroatoms. The normalized spacial score (nSPS) is 11.8. The Morgan fingerprint density at radius 2 is 2.00 bits per heavy atom. The van der Waals surface area contributed by atoms with Crippen molar-refractivity contribution in [1.29, 1.82) is 0 Å². The monoisotopic (exact) mass is 392 g/mol. The van der Waals surface area contributed by atoms with Gasteiger partial charge in [0.25, 0.3) is 0 Å². The summed E-state index contributed by atoms with van der Waals surface area (Å²) in [6.07, 6.45) is -3.00. The van der Waals surface area contributed by atoms with Crippen LogP contribution in [0.15, 0.2) is 36.5 Å². The average Bonchev–Trinajstić information content (AvgIpc) is 3.04. The van der Waals surface area contributed by atoms with Crippen LogP contribution in [0, 0.1) is 5.92 Å². The van der Waals surface area contributed by atoms with E-state index in [-0.39, 0.29) is 5.69 Å². The van der Waals surface area contributed by atoms with Gasteiger partial charge in [-0.15, -0.1) is 5.10 Å². The summed E-state index contributed by atoms with van der Waals surface area (Å²) in [5.74, 6) is -0.543. The molecule has 148 valence electrons. The summed E-state index contributed by atoms with van der Waals surface area (Å²) >= 11 is 0. The standard InChI is InChI=1S/C19H19F3N4O2/c1-4-28-17-8-7-16-23-15(10-26(16)25-17)12-5-6-13(19(20,21)22)14(9-12)24-18(27)11(2)3/h5-11H,4H2,1-3H3,(H,24,27). The van der Waals surface area contributed by atoms with Crippen LogP contribution in [0.25, 0.3) is 16.9 Å². The Kier molecular flexibility index (Phi) is 5.26. The van der Waals surface area contributed by atoms with Crippen molar-refractivity contribution < 1.29 is 22.7 Å². The largest absolute Gasteiger partial charge is 0.477 e. The van der Waals surface area contributed by atoms with Gasteiger partial charge in [0.2, 0.25) is 11.8 Å². The highest BCUT2D eigenvalue weighted by molar-refractivity contribution is 5.93. The van der Waals surface area contributed by atoms with Gasteiger partial charge in [-0.2, -0.15) is 13.2 Å². The van der Waals surface area contributed by atoms with Gasteiger partial charge in [0.1, 0.15) is 0 Å². The van der Waals surface area contributed by atoms with E-state index in [0.29, 0.717) is 29.4 Å². The van der Waals surface area contributed by atoms with Gasteiger partial charge in [-0.1, -0.05) is 19.9 Å². The van der Waals surface area contributed by atoms with Crippen molar-refractivity contribution in [2.24, 2.45) is 5.92 Å². The van der Waals surface area contributed by atoms with Crippen LogP contribution < -0.4 is 10.1 Å². The molecule has 2 heterocycles. The zero-order chi connectivity index (χ0) is 20.5. The van der Waals surface area contributed by atoms with Crippen LogP contribution in [0.5, 0.6) is 5.88 Å². The van der Waals surface area contributed by atoms with E-state index in [1.807, 2.05) is 6.92 Å². The lowest BCUT2D eigenvalue weighted by atomic mass is 10.1. The second kappa shape index (κ2) is 7.49. The van der Waals surface area contributed by atoms with Crippen molar-refractivity contribution in [3.8, 4) is 17.1 Å². The number of rotatable bonds is 5. The molecule has 0 saturated carbocycles. The number of hydrogen-bond donors (Lipinski definition) is 1. The van der Waals surface area contributed by atoms with Crippen molar-refractivity contribution in [3.05, 3.63) is 42.1 Å². The summed E-state index contributed by atoms with van der Waals surface area (Å²) in [6, 6.07) is 6.89. The number of imidazole rings is 1. The molecule has 0 spiro atoms. The van der Waals surface area contributed by atoms with Gasteiger partial charge in [-0.3, -0.25) is 4.79 Å². The predicted molar refractivity (Wildman–Crippen MR) is 98.1 cm³/mol. The first-order valence-electron chi connectivity index (χ1n) is 8.70. The van der Waals surface area contributed by atoms with Crippen molar-refractivity contribution in [3.63, 3.8) is 0 Å². The Morgan fingerprint density at radius 3 is 2.64 bits per heavy atom. The Balaban J connectivity index is 2.04. The van der Waals surface area contributed by atoms with Crippen molar-refractivity contribution in [2.45, 2.75) is 26.9 Å². The molecular formula is C19H19F3N4O2. The number of benzene rings is 1. The quantitative estimate of drug-likeness (QED) is 0.698. The maximum absolute atomic E-state index is 13.3. The minimum absolute atomic E-state index is 0.302. The first-order valence-corrected chi connectivity index (χ1v) is 8.70. The van der Waals surface area contributed by atoms with Gasteiger partial charge in [-0.25, -0.2) is 9.50 Å². The number of nitrogens with one attached hydrogen (secondary N) is 1. The lowest BCUT2D eigenvalue weighted by Crippen LogP contribution is -2.20. The zero-order valence-electron chi connectivity index (χ0n) is 15.5. The number of alkyl halides is 3. The summed E-state index contributed by atoms with van der Waals surface area (Å²) in [5.41, 5.74) is 0.158. The first kappa shape index (κ1) is 19.7. The minimum atomic E-state index is -4.59. The number of halogens is 3. The molecule has 1 aromatic carbocycles. The van der Waals surface area contributed by atoms with Crippen LogP contribution in [-0.4, -0.2) is 27.1 Å². The van der Waals surface area contributed by atoms with Gasteiger partial charge < -0.3 is 10.1 Å². The third-order valence-electron chi connectivity index (χ3n) is 3.99. The number of amides is 1. The molecule has 0 aliphatic rings. The summed E-state index contributed by atoms with van der Waals surface area (Å²) in [6.45, 7) is 5.50. The highest BCUT2D eigenvalue weighted by Crippen LogP contribution is 2.37. The lowest BCUT2D eigenvalue weighted by molar-refractivity contribution is -0.137.